The lowest BCUT2D eigenvalue weighted by molar-refractivity contribution is -0.386. The summed E-state index contributed by atoms with van der Waals surface area (Å²) < 4.78 is 4.85. The van der Waals surface area contributed by atoms with Gasteiger partial charge in [-0.2, -0.15) is 0 Å². The Bertz CT molecular complexity index is 349. The van der Waals surface area contributed by atoms with E-state index in [1.54, 1.807) is 6.07 Å². The maximum Gasteiger partial charge on any atom is 0.278 e. The molecule has 0 aromatic heterocycles. The van der Waals surface area contributed by atoms with E-state index in [2.05, 4.69) is 0 Å². The Kier molecular flexibility index (Phi) is 3.03. The number of hydrogen-bond donors (Lipinski definition) is 1. The van der Waals surface area contributed by atoms with E-state index in [0.29, 0.717) is 5.75 Å². The smallest absolute Gasteiger partial charge is 0.278 e. The highest BCUT2D eigenvalue weighted by atomic mass is 16.6. The topological polar surface area (TPSA) is 72.6 Å². The highest BCUT2D eigenvalue weighted by Crippen LogP contribution is 2.28. The third-order valence-electron chi connectivity index (χ3n) is 1.88. The molecular weight excluding hydrogens is 186 g/mol. The van der Waals surface area contributed by atoms with E-state index in [4.69, 9.17) is 4.74 Å². The quantitative estimate of drug-likeness (QED) is 0.590. The highest BCUT2D eigenvalue weighted by molar-refractivity contribution is 5.46. The Morgan fingerprint density at radius 2 is 2.21 bits per heavy atom. The number of aliphatic hydroxyl groups excluding tert-OH is 1. The molecular formula is C9H11NO4. The molecule has 1 unspecified atom stereocenters. The first-order valence-corrected chi connectivity index (χ1v) is 4.06. The molecule has 0 heterocycles. The molecule has 1 aromatic rings. The summed E-state index contributed by atoms with van der Waals surface area (Å²) in [6, 6.07) is 4.36. The minimum Gasteiger partial charge on any atom is -0.497 e. The molecule has 0 amide bonds. The molecule has 0 fully saturated rings. The molecule has 0 spiro atoms. The number of methoxy groups -OCH3 is 1. The maximum atomic E-state index is 10.6. The fraction of sp³-hybridized carbons (Fsp3) is 0.333. The summed E-state index contributed by atoms with van der Waals surface area (Å²) in [7, 11) is 1.43. The van der Waals surface area contributed by atoms with Gasteiger partial charge in [-0.15, -0.1) is 0 Å². The van der Waals surface area contributed by atoms with Crippen LogP contribution in [0.3, 0.4) is 0 Å². The first kappa shape index (κ1) is 10.5. The van der Waals surface area contributed by atoms with Gasteiger partial charge in [0.15, 0.2) is 0 Å². The molecule has 1 N–H and O–H groups in total. The van der Waals surface area contributed by atoms with E-state index < -0.39 is 11.0 Å². The molecule has 0 aliphatic rings. The van der Waals surface area contributed by atoms with Crippen LogP contribution in [-0.2, 0) is 0 Å². The second-order valence-electron chi connectivity index (χ2n) is 2.86. The zero-order valence-corrected chi connectivity index (χ0v) is 7.93. The lowest BCUT2D eigenvalue weighted by atomic mass is 10.1. The summed E-state index contributed by atoms with van der Waals surface area (Å²) >= 11 is 0. The predicted octanol–water partition coefficient (Wildman–Crippen LogP) is 1.66. The summed E-state index contributed by atoms with van der Waals surface area (Å²) in [6.45, 7) is 1.48. The lowest BCUT2D eigenvalue weighted by Crippen LogP contribution is -1.99. The Labute approximate surface area is 81.1 Å². The Balaban J connectivity index is 3.24. The van der Waals surface area contributed by atoms with Gasteiger partial charge in [0, 0.05) is 0 Å². The third kappa shape index (κ3) is 2.00. The maximum absolute atomic E-state index is 10.6. The van der Waals surface area contributed by atoms with Gasteiger partial charge >= 0.3 is 0 Å². The molecule has 0 aliphatic heterocycles. The van der Waals surface area contributed by atoms with E-state index in [1.165, 1.54) is 26.2 Å². The van der Waals surface area contributed by atoms with Gasteiger partial charge in [0.25, 0.3) is 5.69 Å². The van der Waals surface area contributed by atoms with Crippen molar-refractivity contribution in [3.05, 3.63) is 33.9 Å². The Morgan fingerprint density at radius 3 is 2.64 bits per heavy atom. The van der Waals surface area contributed by atoms with Crippen molar-refractivity contribution in [1.29, 1.82) is 0 Å². The van der Waals surface area contributed by atoms with Gasteiger partial charge in [-0.25, -0.2) is 0 Å². The molecule has 0 aliphatic carbocycles. The zero-order chi connectivity index (χ0) is 10.7. The van der Waals surface area contributed by atoms with Crippen LogP contribution in [0.5, 0.6) is 5.75 Å². The van der Waals surface area contributed by atoms with Gasteiger partial charge in [-0.3, -0.25) is 10.1 Å². The zero-order valence-electron chi connectivity index (χ0n) is 7.93. The first-order valence-electron chi connectivity index (χ1n) is 4.06. The van der Waals surface area contributed by atoms with Gasteiger partial charge < -0.3 is 9.84 Å². The fourth-order valence-corrected chi connectivity index (χ4v) is 1.16. The lowest BCUT2D eigenvalue weighted by Gasteiger charge is -2.06. The van der Waals surface area contributed by atoms with Crippen molar-refractivity contribution in [3.8, 4) is 5.75 Å². The summed E-state index contributed by atoms with van der Waals surface area (Å²) in [6.07, 6.45) is -0.860. The van der Waals surface area contributed by atoms with Gasteiger partial charge in [0.1, 0.15) is 5.75 Å². The van der Waals surface area contributed by atoms with E-state index in [1.807, 2.05) is 0 Å². The second-order valence-corrected chi connectivity index (χ2v) is 2.86. The Morgan fingerprint density at radius 1 is 1.57 bits per heavy atom. The van der Waals surface area contributed by atoms with Crippen molar-refractivity contribution >= 4 is 5.69 Å². The summed E-state index contributed by atoms with van der Waals surface area (Å²) in [5, 5.41) is 19.9. The number of nitro benzene ring substituents is 1. The first-order chi connectivity index (χ1) is 6.56. The SMILES string of the molecule is COc1ccc(C(C)O)c([N+](=O)[O-])c1. The fourth-order valence-electron chi connectivity index (χ4n) is 1.16. The number of aliphatic hydroxyl groups is 1. The van der Waals surface area contributed by atoms with Crippen molar-refractivity contribution in [1.82, 2.24) is 0 Å². The molecule has 5 nitrogen and oxygen atoms in total. The van der Waals surface area contributed by atoms with Gasteiger partial charge in [0.2, 0.25) is 0 Å². The molecule has 5 heteroatoms. The molecule has 1 aromatic carbocycles. The molecule has 0 radical (unpaired) electrons. The van der Waals surface area contributed by atoms with E-state index >= 15 is 0 Å². The molecule has 0 saturated heterocycles. The van der Waals surface area contributed by atoms with Crippen LogP contribution in [-0.4, -0.2) is 17.1 Å². The monoisotopic (exact) mass is 197 g/mol. The molecule has 1 atom stereocenters. The van der Waals surface area contributed by atoms with Gasteiger partial charge in [-0.1, -0.05) is 0 Å². The number of nitro groups is 1. The largest absolute Gasteiger partial charge is 0.497 e. The number of rotatable bonds is 3. The standard InChI is InChI=1S/C9H11NO4/c1-6(11)8-4-3-7(14-2)5-9(8)10(12)13/h3-6,11H,1-2H3. The number of benzene rings is 1. The van der Waals surface area contributed by atoms with E-state index in [-0.39, 0.29) is 11.3 Å². The number of hydrogen-bond acceptors (Lipinski definition) is 4. The highest BCUT2D eigenvalue weighted by Gasteiger charge is 2.18. The van der Waals surface area contributed by atoms with Crippen molar-refractivity contribution in [3.63, 3.8) is 0 Å². The van der Waals surface area contributed by atoms with Crippen LogP contribution in [0.2, 0.25) is 0 Å². The van der Waals surface area contributed by atoms with Crippen molar-refractivity contribution in [2.24, 2.45) is 0 Å². The molecule has 0 bridgehead atoms. The summed E-state index contributed by atoms with van der Waals surface area (Å²) in [4.78, 5) is 10.1. The molecule has 1 rings (SSSR count). The van der Waals surface area contributed by atoms with Crippen LogP contribution in [0.4, 0.5) is 5.69 Å². The van der Waals surface area contributed by atoms with Crippen LogP contribution in [0.15, 0.2) is 18.2 Å². The Hall–Kier alpha value is -1.62. The van der Waals surface area contributed by atoms with Crippen LogP contribution < -0.4 is 4.74 Å². The van der Waals surface area contributed by atoms with Crippen molar-refractivity contribution in [2.45, 2.75) is 13.0 Å². The number of ether oxygens (including phenoxy) is 1. The van der Waals surface area contributed by atoms with Gasteiger partial charge in [0.05, 0.1) is 29.8 Å². The van der Waals surface area contributed by atoms with Crippen molar-refractivity contribution < 1.29 is 14.8 Å². The predicted molar refractivity (Wildman–Crippen MR) is 50.3 cm³/mol. The van der Waals surface area contributed by atoms with Gasteiger partial charge in [-0.05, 0) is 19.1 Å². The van der Waals surface area contributed by atoms with Crippen LogP contribution in [0, 0.1) is 10.1 Å². The average molecular weight is 197 g/mol. The van der Waals surface area contributed by atoms with E-state index in [9.17, 15) is 15.2 Å². The van der Waals surface area contributed by atoms with E-state index in [0.717, 1.165) is 0 Å². The molecule has 76 valence electrons. The summed E-state index contributed by atoms with van der Waals surface area (Å²) in [5.41, 5.74) is 0.162. The van der Waals surface area contributed by atoms with Crippen LogP contribution >= 0.6 is 0 Å². The molecule has 14 heavy (non-hydrogen) atoms. The van der Waals surface area contributed by atoms with Crippen LogP contribution in [0.1, 0.15) is 18.6 Å². The normalized spacial score (nSPS) is 12.2. The minimum atomic E-state index is -0.860. The average Bonchev–Trinajstić information content (AvgIpc) is 2.16. The number of nitrogens with zero attached hydrogens (tertiary/aromatic N) is 1. The summed E-state index contributed by atoms with van der Waals surface area (Å²) in [5.74, 6) is 0.404. The second kappa shape index (κ2) is 4.06. The third-order valence-corrected chi connectivity index (χ3v) is 1.88. The molecule has 0 saturated carbocycles. The minimum absolute atomic E-state index is 0.126. The van der Waals surface area contributed by atoms with Crippen LogP contribution in [0.25, 0.3) is 0 Å². The van der Waals surface area contributed by atoms with Crippen molar-refractivity contribution in [2.75, 3.05) is 7.11 Å².